The molecule has 2 fully saturated rings. The molecule has 2 aliphatic rings. The third-order valence-corrected chi connectivity index (χ3v) is 8.23. The van der Waals surface area contributed by atoms with Crippen LogP contribution in [0, 0.1) is 9.39 Å². The monoisotopic (exact) mass is 661 g/mol. The molecule has 0 aromatic carbocycles. The quantitative estimate of drug-likeness (QED) is 0.245. The summed E-state index contributed by atoms with van der Waals surface area (Å²) in [4.78, 5) is 8.73. The molecular weight excluding hydrogens is 628 g/mol. The van der Waals surface area contributed by atoms with E-state index in [-0.39, 0.29) is 24.1 Å². The van der Waals surface area contributed by atoms with E-state index < -0.39 is 11.6 Å². The Morgan fingerprint density at radius 2 is 2.02 bits per heavy atom. The number of ether oxygens (including phenoxy) is 3. The number of aromatic nitrogens is 6. The smallest absolute Gasteiger partial charge is 0.251 e. The average Bonchev–Trinajstić information content (AvgIpc) is 3.64. The van der Waals surface area contributed by atoms with Gasteiger partial charge in [-0.3, -0.25) is 9.36 Å². The van der Waals surface area contributed by atoms with Crippen LogP contribution in [0.4, 0.5) is 10.2 Å². The highest BCUT2D eigenvalue weighted by atomic mass is 127. The van der Waals surface area contributed by atoms with Crippen molar-refractivity contribution in [1.29, 1.82) is 0 Å². The van der Waals surface area contributed by atoms with Crippen LogP contribution in [0.5, 0.6) is 5.88 Å². The van der Waals surface area contributed by atoms with Gasteiger partial charge in [-0.2, -0.15) is 14.6 Å². The van der Waals surface area contributed by atoms with Crippen molar-refractivity contribution in [1.82, 2.24) is 29.5 Å². The van der Waals surface area contributed by atoms with Crippen molar-refractivity contribution in [3.05, 3.63) is 46.3 Å². The van der Waals surface area contributed by atoms with Crippen LogP contribution in [0.15, 0.2) is 36.9 Å². The van der Waals surface area contributed by atoms with E-state index in [1.54, 1.807) is 12.3 Å². The van der Waals surface area contributed by atoms with Gasteiger partial charge < -0.3 is 19.5 Å². The van der Waals surface area contributed by atoms with Gasteiger partial charge in [0.1, 0.15) is 23.7 Å². The highest BCUT2D eigenvalue weighted by molar-refractivity contribution is 14.1. The molecule has 1 atom stereocenters. The van der Waals surface area contributed by atoms with Crippen molar-refractivity contribution < 1.29 is 18.6 Å². The molecule has 4 aromatic heterocycles. The van der Waals surface area contributed by atoms with Crippen LogP contribution in [-0.4, -0.2) is 60.7 Å². The van der Waals surface area contributed by atoms with Crippen LogP contribution < -0.4 is 10.1 Å². The van der Waals surface area contributed by atoms with Crippen molar-refractivity contribution in [3.8, 4) is 17.1 Å². The van der Waals surface area contributed by atoms with Crippen LogP contribution in [0.25, 0.3) is 22.2 Å². The Bertz CT molecular complexity index is 1500. The van der Waals surface area contributed by atoms with Crippen LogP contribution >= 0.6 is 22.6 Å². The lowest BCUT2D eigenvalue weighted by Gasteiger charge is -2.29. The number of hydrogen-bond acceptors (Lipinski definition) is 8. The van der Waals surface area contributed by atoms with E-state index >= 15 is 0 Å². The van der Waals surface area contributed by atoms with Gasteiger partial charge in [0.2, 0.25) is 0 Å². The zero-order chi connectivity index (χ0) is 27.9. The minimum absolute atomic E-state index is 0.0539. The summed E-state index contributed by atoms with van der Waals surface area (Å²) in [5, 5.41) is 14.0. The molecule has 1 saturated heterocycles. The van der Waals surface area contributed by atoms with Gasteiger partial charge in [0, 0.05) is 42.2 Å². The molecule has 6 rings (SSSR count). The number of nitrogens with one attached hydrogen (secondary N) is 1. The Kier molecular flexibility index (Phi) is 7.66. The predicted octanol–water partition coefficient (Wildman–Crippen LogP) is 5.58. The SMILES string of the molecule is CCNc1cc2c(cn1)c(-c1cnn(CC3COC(C)(C)O3)c1)nn2C1CCC(Oc2nccc(I)c2F)CC1. The molecule has 1 N–H and O–H groups in total. The maximum Gasteiger partial charge on any atom is 0.251 e. The zero-order valence-corrected chi connectivity index (χ0v) is 25.0. The molecule has 40 heavy (non-hydrogen) atoms. The van der Waals surface area contributed by atoms with Crippen LogP contribution in [-0.2, 0) is 16.0 Å². The first-order valence-corrected chi connectivity index (χ1v) is 14.8. The first-order chi connectivity index (χ1) is 19.3. The largest absolute Gasteiger partial charge is 0.472 e. The first-order valence-electron chi connectivity index (χ1n) is 13.7. The molecule has 1 unspecified atom stereocenters. The number of pyridine rings is 2. The molecule has 212 valence electrons. The highest BCUT2D eigenvalue weighted by Gasteiger charge is 2.33. The Morgan fingerprint density at radius 1 is 1.20 bits per heavy atom. The standard InChI is InChI=1S/C28H33FIN7O3/c1-4-31-24-11-23-21(13-33-24)26(17-12-34-36(14-17)15-20-16-38-28(2,3)40-20)35-37(23)18-5-7-19(8-6-18)39-27-25(29)22(30)9-10-32-27/h9-14,18-20H,4-8,15-16H2,1-3H3,(H,31,33). The molecule has 4 aromatic rings. The van der Waals surface area contributed by atoms with Gasteiger partial charge in [-0.1, -0.05) is 0 Å². The fraction of sp³-hybridized carbons (Fsp3) is 0.500. The van der Waals surface area contributed by atoms with Crippen molar-refractivity contribution in [2.24, 2.45) is 0 Å². The normalized spacial score (nSPS) is 22.6. The molecule has 0 amide bonds. The van der Waals surface area contributed by atoms with Crippen molar-refractivity contribution >= 4 is 39.3 Å². The molecule has 1 saturated carbocycles. The molecule has 10 nitrogen and oxygen atoms in total. The summed E-state index contributed by atoms with van der Waals surface area (Å²) < 4.78 is 36.6. The second kappa shape index (κ2) is 11.2. The topological polar surface area (TPSA) is 101 Å². The Morgan fingerprint density at radius 3 is 2.77 bits per heavy atom. The third-order valence-electron chi connectivity index (χ3n) is 7.39. The van der Waals surface area contributed by atoms with Gasteiger partial charge in [-0.05, 0) is 75.1 Å². The number of nitrogens with zero attached hydrogens (tertiary/aromatic N) is 6. The number of anilines is 1. The molecule has 5 heterocycles. The summed E-state index contributed by atoms with van der Waals surface area (Å²) in [5.41, 5.74) is 2.80. The van der Waals surface area contributed by atoms with Gasteiger partial charge in [0.15, 0.2) is 11.6 Å². The second-order valence-electron chi connectivity index (χ2n) is 10.8. The van der Waals surface area contributed by atoms with E-state index in [4.69, 9.17) is 19.3 Å². The second-order valence-corrected chi connectivity index (χ2v) is 11.9. The molecule has 1 aliphatic heterocycles. The lowest BCUT2D eigenvalue weighted by atomic mass is 9.93. The average molecular weight is 662 g/mol. The fourth-order valence-electron chi connectivity index (χ4n) is 5.50. The minimum Gasteiger partial charge on any atom is -0.472 e. The molecule has 12 heteroatoms. The first kappa shape index (κ1) is 27.3. The van der Waals surface area contributed by atoms with Crippen molar-refractivity contribution in [2.75, 3.05) is 18.5 Å². The molecule has 1 aliphatic carbocycles. The summed E-state index contributed by atoms with van der Waals surface area (Å²) in [6, 6.07) is 3.89. The van der Waals surface area contributed by atoms with E-state index in [1.807, 2.05) is 59.7 Å². The maximum atomic E-state index is 14.4. The van der Waals surface area contributed by atoms with Crippen LogP contribution in [0.2, 0.25) is 0 Å². The van der Waals surface area contributed by atoms with Gasteiger partial charge in [-0.15, -0.1) is 0 Å². The molecule has 0 bridgehead atoms. The molecule has 0 radical (unpaired) electrons. The lowest BCUT2D eigenvalue weighted by molar-refractivity contribution is -0.139. The van der Waals surface area contributed by atoms with E-state index in [2.05, 4.69) is 38.1 Å². The number of halogens is 2. The Hall–Kier alpha value is -2.84. The predicted molar refractivity (Wildman–Crippen MR) is 157 cm³/mol. The maximum absolute atomic E-state index is 14.4. The van der Waals surface area contributed by atoms with E-state index in [1.165, 1.54) is 0 Å². The number of hydrogen-bond donors (Lipinski definition) is 1. The van der Waals surface area contributed by atoms with Crippen molar-refractivity contribution in [3.63, 3.8) is 0 Å². The van der Waals surface area contributed by atoms with E-state index in [9.17, 15) is 4.39 Å². The van der Waals surface area contributed by atoms with Gasteiger partial charge in [0.25, 0.3) is 5.88 Å². The Balaban J connectivity index is 1.23. The summed E-state index contributed by atoms with van der Waals surface area (Å²) in [6.45, 7) is 7.82. The van der Waals surface area contributed by atoms with Gasteiger partial charge >= 0.3 is 0 Å². The summed E-state index contributed by atoms with van der Waals surface area (Å²) in [7, 11) is 0. The fourth-order valence-corrected chi connectivity index (χ4v) is 5.89. The molecular formula is C28H33FIN7O3. The van der Waals surface area contributed by atoms with Gasteiger partial charge in [0.05, 0.1) is 34.5 Å². The summed E-state index contributed by atoms with van der Waals surface area (Å²) in [6.07, 6.45) is 10.5. The number of fused-ring (bicyclic) bond motifs is 1. The summed E-state index contributed by atoms with van der Waals surface area (Å²) in [5.74, 6) is -0.0667. The molecule has 0 spiro atoms. The zero-order valence-electron chi connectivity index (χ0n) is 22.8. The van der Waals surface area contributed by atoms with E-state index in [0.717, 1.165) is 60.2 Å². The minimum atomic E-state index is -0.569. The van der Waals surface area contributed by atoms with Gasteiger partial charge in [-0.25, -0.2) is 9.97 Å². The number of rotatable bonds is 8. The third kappa shape index (κ3) is 5.66. The van der Waals surface area contributed by atoms with Crippen LogP contribution in [0.1, 0.15) is 52.5 Å². The lowest BCUT2D eigenvalue weighted by Crippen LogP contribution is -2.27. The van der Waals surface area contributed by atoms with Crippen LogP contribution in [0.3, 0.4) is 0 Å². The van der Waals surface area contributed by atoms with Crippen molar-refractivity contribution in [2.45, 2.75) is 77.0 Å². The van der Waals surface area contributed by atoms with E-state index in [0.29, 0.717) is 16.7 Å². The summed E-state index contributed by atoms with van der Waals surface area (Å²) >= 11 is 1.96. The highest BCUT2D eigenvalue weighted by Crippen LogP contribution is 2.37. The Labute approximate surface area is 245 Å².